The SMILES string of the molecule is CCC[C@]1([C@@H](NC(C)=O)C(=O)O)OCCc2c1[nH]c1c(C)ccc(C#N)c21. The van der Waals surface area contributed by atoms with Crippen LogP contribution in [0.25, 0.3) is 10.9 Å². The summed E-state index contributed by atoms with van der Waals surface area (Å²) in [6.45, 7) is 5.50. The number of carbonyl (C=O) groups excluding carboxylic acids is 1. The fourth-order valence-corrected chi connectivity index (χ4v) is 4.14. The normalized spacial score (nSPS) is 19.9. The molecule has 2 atom stereocenters. The number of aromatic nitrogens is 1. The molecule has 0 aliphatic carbocycles. The summed E-state index contributed by atoms with van der Waals surface area (Å²) < 4.78 is 6.09. The first-order valence-electron chi connectivity index (χ1n) is 9.04. The van der Waals surface area contributed by atoms with E-state index in [0.717, 1.165) is 22.0 Å². The maximum atomic E-state index is 12.1. The van der Waals surface area contributed by atoms with Crippen molar-refractivity contribution in [2.24, 2.45) is 0 Å². The lowest BCUT2D eigenvalue weighted by molar-refractivity contribution is -0.159. The Kier molecular flexibility index (Phi) is 4.94. The van der Waals surface area contributed by atoms with Gasteiger partial charge in [0.05, 0.1) is 29.5 Å². The lowest BCUT2D eigenvalue weighted by Crippen LogP contribution is -2.57. The van der Waals surface area contributed by atoms with Gasteiger partial charge in [-0.05, 0) is 37.0 Å². The van der Waals surface area contributed by atoms with Crippen LogP contribution in [0.3, 0.4) is 0 Å². The number of ether oxygens (including phenoxy) is 1. The van der Waals surface area contributed by atoms with E-state index in [-0.39, 0.29) is 0 Å². The van der Waals surface area contributed by atoms with Gasteiger partial charge in [0, 0.05) is 12.3 Å². The van der Waals surface area contributed by atoms with E-state index in [9.17, 15) is 20.0 Å². The van der Waals surface area contributed by atoms with Gasteiger partial charge in [-0.1, -0.05) is 19.4 Å². The van der Waals surface area contributed by atoms with Crippen LogP contribution < -0.4 is 5.32 Å². The molecule has 0 fully saturated rings. The lowest BCUT2D eigenvalue weighted by atomic mass is 9.81. The topological polar surface area (TPSA) is 115 Å². The monoisotopic (exact) mass is 369 g/mol. The van der Waals surface area contributed by atoms with Gasteiger partial charge in [0.15, 0.2) is 6.04 Å². The summed E-state index contributed by atoms with van der Waals surface area (Å²) in [6, 6.07) is 4.65. The minimum Gasteiger partial charge on any atom is -0.480 e. The van der Waals surface area contributed by atoms with Crippen molar-refractivity contribution in [1.82, 2.24) is 10.3 Å². The zero-order valence-electron chi connectivity index (χ0n) is 15.7. The van der Waals surface area contributed by atoms with Gasteiger partial charge in [0.2, 0.25) is 5.91 Å². The standard InChI is InChI=1S/C20H23N3O4/c1-4-8-20(18(19(25)26)22-12(3)24)17-14(7-9-27-20)15-13(10-21)6-5-11(2)16(15)23-17/h5-6,18,23H,4,7-9H2,1-3H3,(H,22,24)(H,25,26)/t18-,20-/m0/s1. The van der Waals surface area contributed by atoms with Crippen molar-refractivity contribution in [3.05, 3.63) is 34.5 Å². The van der Waals surface area contributed by atoms with Gasteiger partial charge in [-0.15, -0.1) is 0 Å². The number of hydrogen-bond acceptors (Lipinski definition) is 4. The van der Waals surface area contributed by atoms with E-state index in [0.29, 0.717) is 37.1 Å². The highest BCUT2D eigenvalue weighted by Crippen LogP contribution is 2.43. The fourth-order valence-electron chi connectivity index (χ4n) is 4.14. The van der Waals surface area contributed by atoms with Crippen molar-refractivity contribution < 1.29 is 19.4 Å². The Morgan fingerprint density at radius 3 is 2.81 bits per heavy atom. The Bertz CT molecular complexity index is 956. The zero-order valence-corrected chi connectivity index (χ0v) is 15.7. The number of H-pyrrole nitrogens is 1. The molecule has 2 aromatic rings. The third kappa shape index (κ3) is 2.96. The third-order valence-corrected chi connectivity index (χ3v) is 5.20. The van der Waals surface area contributed by atoms with Crippen LogP contribution in [0.5, 0.6) is 0 Å². The number of hydrogen-bond donors (Lipinski definition) is 3. The molecule has 0 saturated heterocycles. The number of nitriles is 1. The Hall–Kier alpha value is -2.85. The maximum absolute atomic E-state index is 12.1. The van der Waals surface area contributed by atoms with Gasteiger partial charge in [0.25, 0.3) is 0 Å². The van der Waals surface area contributed by atoms with E-state index in [1.807, 2.05) is 19.9 Å². The molecule has 1 amide bonds. The summed E-state index contributed by atoms with van der Waals surface area (Å²) in [7, 11) is 0. The summed E-state index contributed by atoms with van der Waals surface area (Å²) in [5, 5.41) is 22.8. The molecule has 0 bridgehead atoms. The number of aryl methyl sites for hydroxylation is 1. The van der Waals surface area contributed by atoms with Crippen LogP contribution in [0.1, 0.15) is 49.1 Å². The molecule has 1 aliphatic heterocycles. The Morgan fingerprint density at radius 1 is 1.48 bits per heavy atom. The number of fused-ring (bicyclic) bond motifs is 3. The van der Waals surface area contributed by atoms with E-state index in [2.05, 4.69) is 16.4 Å². The second-order valence-corrected chi connectivity index (χ2v) is 6.98. The number of benzene rings is 1. The Morgan fingerprint density at radius 2 is 2.22 bits per heavy atom. The highest BCUT2D eigenvalue weighted by molar-refractivity contribution is 5.93. The molecule has 2 heterocycles. The molecule has 3 N–H and O–H groups in total. The average Bonchev–Trinajstić information content (AvgIpc) is 3.02. The third-order valence-electron chi connectivity index (χ3n) is 5.20. The van der Waals surface area contributed by atoms with Gasteiger partial charge in [0.1, 0.15) is 5.60 Å². The first-order chi connectivity index (χ1) is 12.9. The van der Waals surface area contributed by atoms with Crippen LogP contribution in [-0.4, -0.2) is 34.6 Å². The van der Waals surface area contributed by atoms with Crippen LogP contribution in [-0.2, 0) is 26.3 Å². The molecule has 0 saturated carbocycles. The second kappa shape index (κ2) is 7.05. The molecule has 1 aromatic heterocycles. The fraction of sp³-hybridized carbons (Fsp3) is 0.450. The minimum atomic E-state index is -1.23. The number of aliphatic carboxylic acids is 1. The molecule has 0 spiro atoms. The van der Waals surface area contributed by atoms with Crippen molar-refractivity contribution in [3.63, 3.8) is 0 Å². The Labute approximate surface area is 157 Å². The highest BCUT2D eigenvalue weighted by Gasteiger charge is 2.50. The number of carboxylic acid groups (broad SMARTS) is 1. The number of carboxylic acids is 1. The molecule has 0 radical (unpaired) electrons. The van der Waals surface area contributed by atoms with Gasteiger partial charge < -0.3 is 20.1 Å². The molecule has 142 valence electrons. The second-order valence-electron chi connectivity index (χ2n) is 6.98. The molecule has 7 nitrogen and oxygen atoms in total. The maximum Gasteiger partial charge on any atom is 0.329 e. The van der Waals surface area contributed by atoms with Gasteiger partial charge in [-0.3, -0.25) is 4.79 Å². The predicted molar refractivity (Wildman–Crippen MR) is 99.2 cm³/mol. The van der Waals surface area contributed by atoms with Crippen molar-refractivity contribution in [3.8, 4) is 6.07 Å². The van der Waals surface area contributed by atoms with Gasteiger partial charge in [-0.25, -0.2) is 4.79 Å². The Balaban J connectivity index is 2.33. The molecular formula is C20H23N3O4. The summed E-state index contributed by atoms with van der Waals surface area (Å²) in [5.41, 5.74) is 2.68. The number of nitrogens with one attached hydrogen (secondary N) is 2. The van der Waals surface area contributed by atoms with E-state index in [1.165, 1.54) is 6.92 Å². The summed E-state index contributed by atoms with van der Waals surface area (Å²) in [6.07, 6.45) is 1.67. The minimum absolute atomic E-state index is 0.322. The number of carbonyl (C=O) groups is 2. The largest absolute Gasteiger partial charge is 0.480 e. The van der Waals surface area contributed by atoms with Gasteiger partial charge in [-0.2, -0.15) is 5.26 Å². The molecule has 7 heteroatoms. The van der Waals surface area contributed by atoms with Crippen LogP contribution in [0.15, 0.2) is 12.1 Å². The smallest absolute Gasteiger partial charge is 0.329 e. The summed E-state index contributed by atoms with van der Waals surface area (Å²) in [4.78, 5) is 27.1. The van der Waals surface area contributed by atoms with E-state index >= 15 is 0 Å². The first kappa shape index (κ1) is 18.9. The molecule has 1 aromatic carbocycles. The van der Waals surface area contributed by atoms with Crippen molar-refractivity contribution in [1.29, 1.82) is 5.26 Å². The van der Waals surface area contributed by atoms with Crippen molar-refractivity contribution >= 4 is 22.8 Å². The van der Waals surface area contributed by atoms with Crippen molar-refractivity contribution in [2.45, 2.75) is 51.7 Å². The molecule has 1 aliphatic rings. The first-order valence-corrected chi connectivity index (χ1v) is 9.04. The summed E-state index contributed by atoms with van der Waals surface area (Å²) in [5.74, 6) is -1.58. The van der Waals surface area contributed by atoms with Crippen LogP contribution >= 0.6 is 0 Å². The number of aromatic amines is 1. The van der Waals surface area contributed by atoms with E-state index in [4.69, 9.17) is 4.74 Å². The lowest BCUT2D eigenvalue weighted by Gasteiger charge is -2.41. The predicted octanol–water partition coefficient (Wildman–Crippen LogP) is 2.51. The number of rotatable bonds is 5. The molecule has 0 unspecified atom stereocenters. The summed E-state index contributed by atoms with van der Waals surface area (Å²) >= 11 is 0. The molecule has 3 rings (SSSR count). The van der Waals surface area contributed by atoms with Crippen LogP contribution in [0, 0.1) is 18.3 Å². The van der Waals surface area contributed by atoms with Crippen LogP contribution in [0.4, 0.5) is 0 Å². The zero-order chi connectivity index (χ0) is 19.8. The highest BCUT2D eigenvalue weighted by atomic mass is 16.5. The van der Waals surface area contributed by atoms with E-state index < -0.39 is 23.5 Å². The van der Waals surface area contributed by atoms with Crippen molar-refractivity contribution in [2.75, 3.05) is 6.61 Å². The average molecular weight is 369 g/mol. The number of nitrogens with zero attached hydrogens (tertiary/aromatic N) is 1. The molecular weight excluding hydrogens is 346 g/mol. The van der Waals surface area contributed by atoms with Gasteiger partial charge >= 0.3 is 5.97 Å². The number of amides is 1. The molecule has 27 heavy (non-hydrogen) atoms. The quantitative estimate of drug-likeness (QED) is 0.749. The van der Waals surface area contributed by atoms with E-state index in [1.54, 1.807) is 6.07 Å². The van der Waals surface area contributed by atoms with Crippen LogP contribution in [0.2, 0.25) is 0 Å².